The van der Waals surface area contributed by atoms with Crippen molar-refractivity contribution >= 4 is 28.7 Å². The highest BCUT2D eigenvalue weighted by molar-refractivity contribution is 5.92. The van der Waals surface area contributed by atoms with Crippen molar-refractivity contribution in [1.29, 1.82) is 0 Å². The summed E-state index contributed by atoms with van der Waals surface area (Å²) >= 11 is 0. The summed E-state index contributed by atoms with van der Waals surface area (Å²) < 4.78 is 2.46. The highest BCUT2D eigenvalue weighted by Crippen LogP contribution is 2.32. The first kappa shape index (κ1) is 21.9. The number of anilines is 1. The predicted octanol–water partition coefficient (Wildman–Crippen LogP) is 5.52. The van der Waals surface area contributed by atoms with Crippen LogP contribution in [-0.4, -0.2) is 40.0 Å². The third-order valence-corrected chi connectivity index (χ3v) is 7.08. The molecule has 2 aliphatic rings. The van der Waals surface area contributed by atoms with Crippen molar-refractivity contribution in [2.24, 2.45) is 5.92 Å². The van der Waals surface area contributed by atoms with E-state index in [4.69, 9.17) is 4.98 Å². The molecule has 1 aliphatic carbocycles. The maximum Gasteiger partial charge on any atom is 0.226 e. The molecule has 5 rings (SSSR count). The quantitative estimate of drug-likeness (QED) is 0.566. The van der Waals surface area contributed by atoms with E-state index in [1.54, 1.807) is 0 Å². The van der Waals surface area contributed by atoms with Crippen LogP contribution in [0, 0.1) is 19.8 Å². The second-order valence-corrected chi connectivity index (χ2v) is 10.1. The number of aryl methyl sites for hydroxylation is 2. The number of carbonyl (C=O) groups is 1. The lowest BCUT2D eigenvalue weighted by molar-refractivity contribution is -0.118. The van der Waals surface area contributed by atoms with Crippen LogP contribution in [0.5, 0.6) is 0 Å². The number of hydrogen-bond acceptors (Lipinski definition) is 3. The Labute approximate surface area is 196 Å². The van der Waals surface area contributed by atoms with Crippen molar-refractivity contribution in [2.75, 3.05) is 25.0 Å². The van der Waals surface area contributed by atoms with Crippen LogP contribution >= 0.6 is 0 Å². The molecule has 0 spiro atoms. The number of benzene rings is 2. The average molecular weight is 443 g/mol. The number of fused-ring (bicyclic) bond motifs is 2. The van der Waals surface area contributed by atoms with Gasteiger partial charge in [-0.3, -0.25) is 9.69 Å². The van der Waals surface area contributed by atoms with E-state index in [0.29, 0.717) is 6.04 Å². The van der Waals surface area contributed by atoms with Crippen molar-refractivity contribution in [2.45, 2.75) is 53.0 Å². The molecule has 0 saturated carbocycles. The van der Waals surface area contributed by atoms with Gasteiger partial charge in [-0.2, -0.15) is 0 Å². The third-order valence-electron chi connectivity index (χ3n) is 7.08. The first-order valence-corrected chi connectivity index (χ1v) is 12.2. The second kappa shape index (κ2) is 8.79. The Balaban J connectivity index is 1.20. The van der Waals surface area contributed by atoms with Gasteiger partial charge < -0.3 is 9.88 Å². The highest BCUT2D eigenvalue weighted by Gasteiger charge is 2.25. The standard InChI is InChI=1S/C28H34N4O/c1-18(2)28(33)30-24-7-6-22-14-21(15-23(22)16-24)17-31-11-9-25(10-12-31)32-20(4)29-26-13-19(3)5-8-27(26)32/h5-8,13-14,16,18,25H,9-12,15,17H2,1-4H3,(H,30,33). The Kier molecular flexibility index (Phi) is 5.83. The fourth-order valence-corrected chi connectivity index (χ4v) is 5.29. The fourth-order valence-electron chi connectivity index (χ4n) is 5.29. The molecule has 0 radical (unpaired) electrons. The maximum absolute atomic E-state index is 12.0. The summed E-state index contributed by atoms with van der Waals surface area (Å²) in [7, 11) is 0. The normalized spacial score (nSPS) is 16.9. The zero-order chi connectivity index (χ0) is 23.1. The van der Waals surface area contributed by atoms with Crippen LogP contribution in [0.2, 0.25) is 0 Å². The van der Waals surface area contributed by atoms with Gasteiger partial charge in [0.15, 0.2) is 0 Å². The summed E-state index contributed by atoms with van der Waals surface area (Å²) in [5.74, 6) is 1.19. The Hall–Kier alpha value is -2.92. The summed E-state index contributed by atoms with van der Waals surface area (Å²) in [6.07, 6.45) is 5.63. The minimum Gasteiger partial charge on any atom is -0.326 e. The van der Waals surface area contributed by atoms with Crippen molar-refractivity contribution in [3.05, 3.63) is 64.5 Å². The van der Waals surface area contributed by atoms with E-state index in [1.807, 2.05) is 19.9 Å². The van der Waals surface area contributed by atoms with Gasteiger partial charge in [0.25, 0.3) is 0 Å². The summed E-state index contributed by atoms with van der Waals surface area (Å²) in [4.78, 5) is 19.4. The number of hydrogen-bond donors (Lipinski definition) is 1. The Bertz CT molecular complexity index is 1230. The minimum atomic E-state index is -0.0110. The topological polar surface area (TPSA) is 50.2 Å². The van der Waals surface area contributed by atoms with Gasteiger partial charge in [0.05, 0.1) is 11.0 Å². The number of likely N-dealkylation sites (tertiary alicyclic amines) is 1. The monoisotopic (exact) mass is 442 g/mol. The van der Waals surface area contributed by atoms with Crippen LogP contribution in [0.4, 0.5) is 5.69 Å². The average Bonchev–Trinajstić information content (AvgIpc) is 3.32. The first-order valence-electron chi connectivity index (χ1n) is 12.2. The lowest BCUT2D eigenvalue weighted by atomic mass is 10.0. The molecule has 0 unspecified atom stereocenters. The van der Waals surface area contributed by atoms with Gasteiger partial charge in [-0.15, -0.1) is 0 Å². The number of imidazole rings is 1. The molecule has 1 saturated heterocycles. The van der Waals surface area contributed by atoms with Crippen LogP contribution in [0.3, 0.4) is 0 Å². The van der Waals surface area contributed by atoms with Crippen molar-refractivity contribution < 1.29 is 4.79 Å². The van der Waals surface area contributed by atoms with Crippen LogP contribution in [0.15, 0.2) is 42.0 Å². The Morgan fingerprint density at radius 3 is 2.67 bits per heavy atom. The molecule has 1 N–H and O–H groups in total. The highest BCUT2D eigenvalue weighted by atomic mass is 16.1. The number of carbonyl (C=O) groups excluding carboxylic acids is 1. The summed E-state index contributed by atoms with van der Waals surface area (Å²) in [5.41, 5.74) is 8.63. The molecule has 1 aliphatic heterocycles. The van der Waals surface area contributed by atoms with Crippen LogP contribution in [0.1, 0.15) is 55.2 Å². The Morgan fingerprint density at radius 2 is 1.91 bits per heavy atom. The van der Waals surface area contributed by atoms with E-state index >= 15 is 0 Å². The van der Waals surface area contributed by atoms with Crippen molar-refractivity contribution in [1.82, 2.24) is 14.5 Å². The van der Waals surface area contributed by atoms with Crippen LogP contribution < -0.4 is 5.32 Å². The summed E-state index contributed by atoms with van der Waals surface area (Å²) in [6, 6.07) is 13.4. The van der Waals surface area contributed by atoms with Gasteiger partial charge in [0, 0.05) is 37.3 Å². The lowest BCUT2D eigenvalue weighted by Crippen LogP contribution is -2.36. The van der Waals surface area contributed by atoms with Gasteiger partial charge in [-0.05, 0) is 74.1 Å². The first-order chi connectivity index (χ1) is 15.9. The molecule has 2 aromatic carbocycles. The van der Waals surface area contributed by atoms with E-state index in [0.717, 1.165) is 55.9 Å². The van der Waals surface area contributed by atoms with E-state index in [-0.39, 0.29) is 11.8 Å². The second-order valence-electron chi connectivity index (χ2n) is 10.1. The lowest BCUT2D eigenvalue weighted by Gasteiger charge is -2.33. The van der Waals surface area contributed by atoms with Gasteiger partial charge in [0.2, 0.25) is 5.91 Å². The maximum atomic E-state index is 12.0. The zero-order valence-electron chi connectivity index (χ0n) is 20.2. The van der Waals surface area contributed by atoms with E-state index in [1.165, 1.54) is 27.8 Å². The largest absolute Gasteiger partial charge is 0.326 e. The molecule has 1 aromatic heterocycles. The molecule has 5 nitrogen and oxygen atoms in total. The van der Waals surface area contributed by atoms with Gasteiger partial charge >= 0.3 is 0 Å². The van der Waals surface area contributed by atoms with Crippen molar-refractivity contribution in [3.8, 4) is 0 Å². The summed E-state index contributed by atoms with van der Waals surface area (Å²) in [5, 5.41) is 3.03. The molecule has 33 heavy (non-hydrogen) atoms. The molecular formula is C28H34N4O. The number of amides is 1. The molecule has 1 fully saturated rings. The molecule has 0 atom stereocenters. The van der Waals surface area contributed by atoms with Crippen LogP contribution in [0.25, 0.3) is 17.1 Å². The van der Waals surface area contributed by atoms with Gasteiger partial charge in [-0.25, -0.2) is 4.98 Å². The molecule has 3 aromatic rings. The minimum absolute atomic E-state index is 0.0110. The number of aromatic nitrogens is 2. The van der Waals surface area contributed by atoms with Crippen molar-refractivity contribution in [3.63, 3.8) is 0 Å². The third kappa shape index (κ3) is 4.47. The molecule has 2 heterocycles. The number of nitrogens with one attached hydrogen (secondary N) is 1. The SMILES string of the molecule is Cc1ccc2c(c1)nc(C)n2C1CCN(CC2=Cc3ccc(NC(=O)C(C)C)cc3C2)CC1. The van der Waals surface area contributed by atoms with E-state index < -0.39 is 0 Å². The molecule has 1 amide bonds. The number of rotatable bonds is 5. The zero-order valence-corrected chi connectivity index (χ0v) is 20.2. The van der Waals surface area contributed by atoms with Crippen LogP contribution in [-0.2, 0) is 11.2 Å². The predicted molar refractivity (Wildman–Crippen MR) is 136 cm³/mol. The molecule has 172 valence electrons. The molecule has 5 heteroatoms. The summed E-state index contributed by atoms with van der Waals surface area (Å²) in [6.45, 7) is 11.4. The van der Waals surface area contributed by atoms with E-state index in [9.17, 15) is 4.79 Å². The fraction of sp³-hybridized carbons (Fsp3) is 0.429. The van der Waals surface area contributed by atoms with E-state index in [2.05, 4.69) is 65.0 Å². The molecular weight excluding hydrogens is 408 g/mol. The van der Waals surface area contributed by atoms with Gasteiger partial charge in [0.1, 0.15) is 5.82 Å². The number of nitrogens with zero attached hydrogens (tertiary/aromatic N) is 3. The number of piperidine rings is 1. The molecule has 0 bridgehead atoms. The smallest absolute Gasteiger partial charge is 0.226 e. The Morgan fingerprint density at radius 1 is 1.12 bits per heavy atom. The van der Waals surface area contributed by atoms with Gasteiger partial charge in [-0.1, -0.05) is 37.6 Å².